The number of esters is 1. The molecule has 0 spiro atoms. The van der Waals surface area contributed by atoms with Gasteiger partial charge in [0.1, 0.15) is 21.9 Å². The molecular weight excluding hydrogens is 336 g/mol. The number of rotatable bonds is 5. The molecule has 1 aromatic heterocycles. The Morgan fingerprint density at radius 3 is 2.64 bits per heavy atom. The topological polar surface area (TPSA) is 72.5 Å². The summed E-state index contributed by atoms with van der Waals surface area (Å²) in [6.07, 6.45) is 0. The fraction of sp³-hybridized carbons (Fsp3) is 0.154. The molecule has 0 saturated heterocycles. The zero-order chi connectivity index (χ0) is 16.3. The van der Waals surface area contributed by atoms with E-state index in [1.165, 1.54) is 17.5 Å². The first-order valence-corrected chi connectivity index (χ1v) is 8.30. The Hall–Kier alpha value is -1.84. The summed E-state index contributed by atoms with van der Waals surface area (Å²) in [4.78, 5) is 11.8. The molecular formula is C13H11F2NO4S2. The number of hydrogen-bond acceptors (Lipinski definition) is 5. The number of thiophene rings is 1. The van der Waals surface area contributed by atoms with Crippen LogP contribution >= 0.6 is 11.3 Å². The maximum Gasteiger partial charge on any atom is 0.328 e. The van der Waals surface area contributed by atoms with Crippen LogP contribution in [-0.2, 0) is 19.6 Å². The number of carbonyl (C=O) groups excluding carboxylic acids is 1. The second-order valence-electron chi connectivity index (χ2n) is 4.18. The van der Waals surface area contributed by atoms with E-state index in [9.17, 15) is 22.0 Å². The van der Waals surface area contributed by atoms with Crippen molar-refractivity contribution in [3.05, 3.63) is 52.9 Å². The highest BCUT2D eigenvalue weighted by molar-refractivity contribution is 7.91. The molecule has 1 aromatic carbocycles. The lowest BCUT2D eigenvalue weighted by Gasteiger charge is -2.17. The summed E-state index contributed by atoms with van der Waals surface area (Å²) in [5.41, 5.74) is -0.452. The summed E-state index contributed by atoms with van der Waals surface area (Å²) in [6, 6.07) is 3.56. The van der Waals surface area contributed by atoms with Crippen LogP contribution in [0.5, 0.6) is 0 Å². The van der Waals surface area contributed by atoms with Crippen molar-refractivity contribution >= 4 is 27.3 Å². The number of carbonyl (C=O) groups is 1. The largest absolute Gasteiger partial charge is 0.468 e. The molecule has 0 aliphatic carbocycles. The molecule has 9 heteroatoms. The van der Waals surface area contributed by atoms with Gasteiger partial charge in [0, 0.05) is 5.56 Å². The smallest absolute Gasteiger partial charge is 0.328 e. The summed E-state index contributed by atoms with van der Waals surface area (Å²) in [5, 5.41) is 1.53. The van der Waals surface area contributed by atoms with Gasteiger partial charge in [-0.05, 0) is 29.6 Å². The Bertz CT molecular complexity index is 775. The van der Waals surface area contributed by atoms with E-state index in [0.717, 1.165) is 36.6 Å². The van der Waals surface area contributed by atoms with Crippen LogP contribution in [0.4, 0.5) is 8.78 Å². The van der Waals surface area contributed by atoms with Crippen molar-refractivity contribution in [1.29, 1.82) is 0 Å². The van der Waals surface area contributed by atoms with E-state index in [1.54, 1.807) is 0 Å². The monoisotopic (exact) mass is 347 g/mol. The van der Waals surface area contributed by atoms with Gasteiger partial charge in [-0.1, -0.05) is 6.07 Å². The molecule has 0 amide bonds. The van der Waals surface area contributed by atoms with Crippen LogP contribution in [0.3, 0.4) is 0 Å². The van der Waals surface area contributed by atoms with Crippen molar-refractivity contribution < 1.29 is 26.7 Å². The van der Waals surface area contributed by atoms with Gasteiger partial charge in [-0.15, -0.1) is 11.3 Å². The third kappa shape index (κ3) is 3.49. The number of sulfonamides is 1. The summed E-state index contributed by atoms with van der Waals surface area (Å²) in [6.45, 7) is 0. The van der Waals surface area contributed by atoms with Gasteiger partial charge in [-0.25, -0.2) is 22.0 Å². The predicted molar refractivity (Wildman–Crippen MR) is 75.8 cm³/mol. The first-order chi connectivity index (χ1) is 10.3. The van der Waals surface area contributed by atoms with E-state index < -0.39 is 39.2 Å². The first kappa shape index (κ1) is 16.5. The third-order valence-corrected chi connectivity index (χ3v) is 5.56. The van der Waals surface area contributed by atoms with Gasteiger partial charge in [0.25, 0.3) is 10.0 Å². The molecule has 1 atom stereocenters. The zero-order valence-electron chi connectivity index (χ0n) is 11.2. The van der Waals surface area contributed by atoms with Crippen LogP contribution in [0, 0.1) is 11.6 Å². The minimum Gasteiger partial charge on any atom is -0.468 e. The van der Waals surface area contributed by atoms with Gasteiger partial charge in [0.15, 0.2) is 0 Å². The number of hydrogen-bond donors (Lipinski definition) is 1. The highest BCUT2D eigenvalue weighted by Crippen LogP contribution is 2.24. The van der Waals surface area contributed by atoms with Crippen molar-refractivity contribution in [2.24, 2.45) is 0 Å². The van der Waals surface area contributed by atoms with Gasteiger partial charge < -0.3 is 4.74 Å². The van der Waals surface area contributed by atoms with Gasteiger partial charge in [0.05, 0.1) is 7.11 Å². The summed E-state index contributed by atoms with van der Waals surface area (Å²) in [7, 11) is -3.05. The van der Waals surface area contributed by atoms with Crippen molar-refractivity contribution in [2.75, 3.05) is 7.11 Å². The minimum absolute atomic E-state index is 0.0572. The van der Waals surface area contributed by atoms with E-state index >= 15 is 0 Å². The quantitative estimate of drug-likeness (QED) is 0.842. The Balaban J connectivity index is 2.44. The summed E-state index contributed by atoms with van der Waals surface area (Å²) >= 11 is 0.923. The first-order valence-electron chi connectivity index (χ1n) is 5.94. The van der Waals surface area contributed by atoms with Crippen LogP contribution in [0.25, 0.3) is 0 Å². The fourth-order valence-corrected chi connectivity index (χ4v) is 3.90. The van der Waals surface area contributed by atoms with Gasteiger partial charge in [0.2, 0.25) is 0 Å². The maximum atomic E-state index is 13.8. The number of ether oxygens (including phenoxy) is 1. The predicted octanol–water partition coefficient (Wildman–Crippen LogP) is 2.22. The molecule has 0 aliphatic heterocycles. The Labute approximate surface area is 129 Å². The lowest BCUT2D eigenvalue weighted by Crippen LogP contribution is -2.34. The molecule has 5 nitrogen and oxygen atoms in total. The average molecular weight is 347 g/mol. The standard InChI is InChI=1S/C13H11F2NO4S2/c1-20-13(17)12(9-7-8(14)4-5-10(9)15)16-22(18,19)11-3-2-6-21-11/h2-7,12,16H,1H3. The molecule has 2 aromatic rings. The van der Waals surface area contributed by atoms with E-state index in [2.05, 4.69) is 4.74 Å². The molecule has 0 saturated carbocycles. The van der Waals surface area contributed by atoms with E-state index in [0.29, 0.717) is 0 Å². The second kappa shape index (κ2) is 6.51. The molecule has 0 radical (unpaired) electrons. The summed E-state index contributed by atoms with van der Waals surface area (Å²) < 4.78 is 57.9. The van der Waals surface area contributed by atoms with Crippen LogP contribution in [0.2, 0.25) is 0 Å². The number of nitrogens with one attached hydrogen (secondary N) is 1. The SMILES string of the molecule is COC(=O)C(NS(=O)(=O)c1cccs1)c1cc(F)ccc1F. The lowest BCUT2D eigenvalue weighted by atomic mass is 10.1. The number of methoxy groups -OCH3 is 1. The molecule has 22 heavy (non-hydrogen) atoms. The molecule has 2 rings (SSSR count). The molecule has 1 heterocycles. The second-order valence-corrected chi connectivity index (χ2v) is 7.06. The molecule has 0 bridgehead atoms. The van der Waals surface area contributed by atoms with Gasteiger partial charge in [-0.2, -0.15) is 4.72 Å². The number of halogens is 2. The summed E-state index contributed by atoms with van der Waals surface area (Å²) in [5.74, 6) is -2.78. The van der Waals surface area contributed by atoms with Crippen molar-refractivity contribution in [1.82, 2.24) is 4.72 Å². The average Bonchev–Trinajstić information content (AvgIpc) is 3.02. The van der Waals surface area contributed by atoms with Crippen molar-refractivity contribution in [2.45, 2.75) is 10.3 Å². The highest BCUT2D eigenvalue weighted by atomic mass is 32.2. The van der Waals surface area contributed by atoms with Crippen LogP contribution in [0.15, 0.2) is 39.9 Å². The normalized spacial score (nSPS) is 12.9. The highest BCUT2D eigenvalue weighted by Gasteiger charge is 2.31. The molecule has 0 fully saturated rings. The van der Waals surface area contributed by atoms with E-state index in [-0.39, 0.29) is 4.21 Å². The Kier molecular flexibility index (Phi) is 4.89. The van der Waals surface area contributed by atoms with Crippen LogP contribution in [0.1, 0.15) is 11.6 Å². The van der Waals surface area contributed by atoms with Crippen molar-refractivity contribution in [3.8, 4) is 0 Å². The fourth-order valence-electron chi connectivity index (χ4n) is 1.72. The number of benzene rings is 1. The molecule has 0 aliphatic rings. The Morgan fingerprint density at radius 2 is 2.05 bits per heavy atom. The minimum atomic E-state index is -4.07. The van der Waals surface area contributed by atoms with E-state index in [1.807, 2.05) is 4.72 Å². The molecule has 1 unspecified atom stereocenters. The van der Waals surface area contributed by atoms with Crippen molar-refractivity contribution in [3.63, 3.8) is 0 Å². The van der Waals surface area contributed by atoms with Gasteiger partial charge >= 0.3 is 5.97 Å². The van der Waals surface area contributed by atoms with E-state index in [4.69, 9.17) is 0 Å². The molecule has 118 valence electrons. The molecule has 1 N–H and O–H groups in total. The van der Waals surface area contributed by atoms with Crippen LogP contribution < -0.4 is 4.72 Å². The Morgan fingerprint density at radius 1 is 1.32 bits per heavy atom. The zero-order valence-corrected chi connectivity index (χ0v) is 12.9. The lowest BCUT2D eigenvalue weighted by molar-refractivity contribution is -0.142. The van der Waals surface area contributed by atoms with Gasteiger partial charge in [-0.3, -0.25) is 0 Å². The third-order valence-electron chi connectivity index (χ3n) is 2.74. The van der Waals surface area contributed by atoms with Crippen LogP contribution in [-0.4, -0.2) is 21.5 Å². The maximum absolute atomic E-state index is 13.8.